The van der Waals surface area contributed by atoms with Gasteiger partial charge in [-0.05, 0) is 25.0 Å². The smallest absolute Gasteiger partial charge is 0.341 e. The molecule has 0 saturated heterocycles. The molecule has 4 heteroatoms. The monoisotopic (exact) mass is 354 g/mol. The molecule has 1 aliphatic rings. The molecule has 0 heterocycles. The highest BCUT2D eigenvalue weighted by atomic mass is 79.9. The maximum absolute atomic E-state index is 11.8. The fourth-order valence-electron chi connectivity index (χ4n) is 2.90. The topological polar surface area (TPSA) is 35.5 Å². The van der Waals surface area contributed by atoms with E-state index in [1.807, 2.05) is 18.2 Å². The minimum atomic E-state index is -0.348. The fraction of sp³-hybridized carbons (Fsp3) is 0.588. The summed E-state index contributed by atoms with van der Waals surface area (Å²) in [4.78, 5) is 11.8. The lowest BCUT2D eigenvalue weighted by molar-refractivity contribution is 0.0591. The van der Waals surface area contributed by atoms with Gasteiger partial charge in [-0.15, -0.1) is 0 Å². The molecular weight excluding hydrogens is 332 g/mol. The molecule has 0 aromatic heterocycles. The summed E-state index contributed by atoms with van der Waals surface area (Å²) >= 11 is 3.67. The second-order valence-electron chi connectivity index (χ2n) is 5.82. The molecule has 0 bridgehead atoms. The van der Waals surface area contributed by atoms with Crippen LogP contribution < -0.4 is 4.74 Å². The van der Waals surface area contributed by atoms with E-state index in [1.165, 1.54) is 45.6 Å². The normalized spacial score (nSPS) is 17.8. The number of halogens is 1. The van der Waals surface area contributed by atoms with Gasteiger partial charge in [0.2, 0.25) is 0 Å². The van der Waals surface area contributed by atoms with Crippen molar-refractivity contribution in [2.75, 3.05) is 19.0 Å². The van der Waals surface area contributed by atoms with Crippen LogP contribution in [-0.4, -0.2) is 25.0 Å². The van der Waals surface area contributed by atoms with Gasteiger partial charge in [-0.2, -0.15) is 0 Å². The Bertz CT molecular complexity index is 465. The molecule has 1 aromatic rings. The zero-order chi connectivity index (χ0) is 15.1. The van der Waals surface area contributed by atoms with E-state index in [0.29, 0.717) is 17.9 Å². The predicted octanol–water partition coefficient (Wildman–Crippen LogP) is 4.59. The summed E-state index contributed by atoms with van der Waals surface area (Å²) in [6, 6.07) is 7.29. The molecule has 116 valence electrons. The van der Waals surface area contributed by atoms with Gasteiger partial charge in [0.15, 0.2) is 0 Å². The molecular formula is C17H23BrO3. The highest BCUT2D eigenvalue weighted by Gasteiger charge is 2.31. The number of hydrogen-bond donors (Lipinski definition) is 0. The lowest BCUT2D eigenvalue weighted by Crippen LogP contribution is -2.30. The molecule has 21 heavy (non-hydrogen) atoms. The Morgan fingerprint density at radius 1 is 1.19 bits per heavy atom. The Hall–Kier alpha value is -1.03. The number of esters is 1. The molecule has 2 rings (SSSR count). The van der Waals surface area contributed by atoms with Gasteiger partial charge < -0.3 is 9.47 Å². The van der Waals surface area contributed by atoms with Crippen LogP contribution in [-0.2, 0) is 4.74 Å². The van der Waals surface area contributed by atoms with Gasteiger partial charge in [0.1, 0.15) is 11.3 Å². The quantitative estimate of drug-likeness (QED) is 0.440. The molecule has 1 fully saturated rings. The zero-order valence-corrected chi connectivity index (χ0v) is 14.2. The van der Waals surface area contributed by atoms with Crippen molar-refractivity contribution >= 4 is 21.9 Å². The SMILES string of the molecule is COC(=O)c1ccccc1OCC1(CBr)CCCCCC1. The van der Waals surface area contributed by atoms with Crippen LogP contribution >= 0.6 is 15.9 Å². The zero-order valence-electron chi connectivity index (χ0n) is 12.6. The van der Waals surface area contributed by atoms with Crippen LogP contribution in [0.5, 0.6) is 5.75 Å². The van der Waals surface area contributed by atoms with Crippen molar-refractivity contribution < 1.29 is 14.3 Å². The summed E-state index contributed by atoms with van der Waals surface area (Å²) in [5.74, 6) is 0.272. The Morgan fingerprint density at radius 2 is 1.86 bits per heavy atom. The molecule has 3 nitrogen and oxygen atoms in total. The molecule has 0 spiro atoms. The third-order valence-corrected chi connectivity index (χ3v) is 5.46. The molecule has 1 saturated carbocycles. The van der Waals surface area contributed by atoms with Gasteiger partial charge >= 0.3 is 5.97 Å². The Kier molecular flexibility index (Phi) is 6.09. The first kappa shape index (κ1) is 16.3. The number of carbonyl (C=O) groups is 1. The van der Waals surface area contributed by atoms with E-state index < -0.39 is 0 Å². The first-order valence-electron chi connectivity index (χ1n) is 7.57. The van der Waals surface area contributed by atoms with E-state index in [4.69, 9.17) is 9.47 Å². The third-order valence-electron chi connectivity index (χ3n) is 4.27. The van der Waals surface area contributed by atoms with Crippen molar-refractivity contribution in [2.24, 2.45) is 5.41 Å². The summed E-state index contributed by atoms with van der Waals surface area (Å²) in [6.45, 7) is 0.645. The Labute approximate surface area is 135 Å². The van der Waals surface area contributed by atoms with Crippen LogP contribution in [0.2, 0.25) is 0 Å². The predicted molar refractivity (Wildman–Crippen MR) is 87.2 cm³/mol. The van der Waals surface area contributed by atoms with Crippen molar-refractivity contribution in [3.8, 4) is 5.75 Å². The maximum atomic E-state index is 11.8. The van der Waals surface area contributed by atoms with E-state index in [9.17, 15) is 4.79 Å². The molecule has 0 atom stereocenters. The molecule has 0 amide bonds. The molecule has 1 aromatic carbocycles. The lowest BCUT2D eigenvalue weighted by Gasteiger charge is -2.30. The molecule has 1 aliphatic carbocycles. The fourth-order valence-corrected chi connectivity index (χ4v) is 3.62. The number of hydrogen-bond acceptors (Lipinski definition) is 3. The Morgan fingerprint density at radius 3 is 2.48 bits per heavy atom. The first-order valence-corrected chi connectivity index (χ1v) is 8.69. The highest BCUT2D eigenvalue weighted by Crippen LogP contribution is 2.37. The van der Waals surface area contributed by atoms with Crippen molar-refractivity contribution in [3.05, 3.63) is 29.8 Å². The van der Waals surface area contributed by atoms with Gasteiger partial charge in [0, 0.05) is 10.7 Å². The summed E-state index contributed by atoms with van der Waals surface area (Å²) < 4.78 is 10.8. The van der Waals surface area contributed by atoms with Crippen LogP contribution in [0.4, 0.5) is 0 Å². The average molecular weight is 355 g/mol. The minimum absolute atomic E-state index is 0.180. The number of para-hydroxylation sites is 1. The largest absolute Gasteiger partial charge is 0.492 e. The molecule has 0 aliphatic heterocycles. The van der Waals surface area contributed by atoms with Gasteiger partial charge in [0.05, 0.1) is 13.7 Å². The first-order chi connectivity index (χ1) is 10.2. The number of rotatable bonds is 5. The van der Waals surface area contributed by atoms with Crippen LogP contribution in [0.15, 0.2) is 24.3 Å². The van der Waals surface area contributed by atoms with Crippen LogP contribution in [0.25, 0.3) is 0 Å². The van der Waals surface area contributed by atoms with Gasteiger partial charge in [-0.25, -0.2) is 4.79 Å². The lowest BCUT2D eigenvalue weighted by atomic mass is 9.83. The van der Waals surface area contributed by atoms with Gasteiger partial charge in [0.25, 0.3) is 0 Å². The van der Waals surface area contributed by atoms with Crippen LogP contribution in [0.1, 0.15) is 48.9 Å². The molecule has 0 N–H and O–H groups in total. The van der Waals surface area contributed by atoms with Gasteiger partial charge in [-0.3, -0.25) is 0 Å². The number of carbonyl (C=O) groups excluding carboxylic acids is 1. The van der Waals surface area contributed by atoms with Crippen LogP contribution in [0, 0.1) is 5.41 Å². The summed E-state index contributed by atoms with van der Waals surface area (Å²) in [7, 11) is 1.39. The van der Waals surface area contributed by atoms with E-state index >= 15 is 0 Å². The summed E-state index contributed by atoms with van der Waals surface area (Å²) in [5, 5.41) is 0.945. The second kappa shape index (κ2) is 7.83. The van der Waals surface area contributed by atoms with E-state index in [0.717, 1.165) is 5.33 Å². The Balaban J connectivity index is 2.09. The number of alkyl halides is 1. The van der Waals surface area contributed by atoms with E-state index in [-0.39, 0.29) is 11.4 Å². The minimum Gasteiger partial charge on any atom is -0.492 e. The van der Waals surface area contributed by atoms with E-state index in [1.54, 1.807) is 6.07 Å². The third kappa shape index (κ3) is 4.22. The van der Waals surface area contributed by atoms with Crippen LogP contribution in [0.3, 0.4) is 0 Å². The summed E-state index contributed by atoms with van der Waals surface area (Å²) in [6.07, 6.45) is 7.50. The van der Waals surface area contributed by atoms with Gasteiger partial charge in [-0.1, -0.05) is 53.7 Å². The maximum Gasteiger partial charge on any atom is 0.341 e. The summed E-state index contributed by atoms with van der Waals surface area (Å²) in [5.41, 5.74) is 0.679. The molecule has 0 radical (unpaired) electrons. The number of ether oxygens (including phenoxy) is 2. The van der Waals surface area contributed by atoms with Crippen molar-refractivity contribution in [1.29, 1.82) is 0 Å². The highest BCUT2D eigenvalue weighted by molar-refractivity contribution is 9.09. The van der Waals surface area contributed by atoms with Crippen molar-refractivity contribution in [3.63, 3.8) is 0 Å². The second-order valence-corrected chi connectivity index (χ2v) is 6.38. The standard InChI is InChI=1S/C17H23BrO3/c1-20-16(19)14-8-4-5-9-15(14)21-13-17(12-18)10-6-2-3-7-11-17/h4-5,8-9H,2-3,6-7,10-13H2,1H3. The number of benzene rings is 1. The average Bonchev–Trinajstić information content (AvgIpc) is 2.78. The van der Waals surface area contributed by atoms with Crippen molar-refractivity contribution in [1.82, 2.24) is 0 Å². The molecule has 0 unspecified atom stereocenters. The number of methoxy groups -OCH3 is 1. The van der Waals surface area contributed by atoms with Crippen molar-refractivity contribution in [2.45, 2.75) is 38.5 Å². The van der Waals surface area contributed by atoms with E-state index in [2.05, 4.69) is 15.9 Å².